The normalized spacial score (nSPS) is 18.2. The van der Waals surface area contributed by atoms with Gasteiger partial charge in [-0.05, 0) is 31.0 Å². The molecule has 1 amide bonds. The molecule has 3 heterocycles. The van der Waals surface area contributed by atoms with Crippen LogP contribution in [0.15, 0.2) is 36.5 Å². The van der Waals surface area contributed by atoms with Crippen LogP contribution in [0.2, 0.25) is 0 Å². The van der Waals surface area contributed by atoms with E-state index in [9.17, 15) is 4.79 Å². The topological polar surface area (TPSA) is 51.0 Å². The van der Waals surface area contributed by atoms with Gasteiger partial charge in [0.15, 0.2) is 0 Å². The molecule has 0 unspecified atom stereocenters. The summed E-state index contributed by atoms with van der Waals surface area (Å²) in [6, 6.07) is 9.97. The zero-order valence-corrected chi connectivity index (χ0v) is 13.1. The molecule has 6 heteroatoms. The number of rotatable bonds is 2. The van der Waals surface area contributed by atoms with E-state index in [1.54, 1.807) is 28.3 Å². The molecule has 1 aliphatic rings. The molecule has 0 spiro atoms. The Kier molecular flexibility index (Phi) is 3.18. The number of likely N-dealkylation sites (tertiary alicyclic amines) is 1. The van der Waals surface area contributed by atoms with E-state index in [-0.39, 0.29) is 11.9 Å². The van der Waals surface area contributed by atoms with Gasteiger partial charge in [-0.25, -0.2) is 4.98 Å². The number of fused-ring (bicyclic) bond motifs is 1. The van der Waals surface area contributed by atoms with Crippen molar-refractivity contribution in [3.63, 3.8) is 0 Å². The molecule has 1 fully saturated rings. The lowest BCUT2D eigenvalue weighted by atomic mass is 10.2. The van der Waals surface area contributed by atoms with Crippen LogP contribution in [0.1, 0.15) is 34.4 Å². The van der Waals surface area contributed by atoms with Crippen LogP contribution in [0.4, 0.5) is 0 Å². The molecule has 0 N–H and O–H groups in total. The monoisotopic (exact) mass is 312 g/mol. The van der Waals surface area contributed by atoms with Gasteiger partial charge >= 0.3 is 0 Å². The van der Waals surface area contributed by atoms with Crippen LogP contribution < -0.4 is 0 Å². The minimum atomic E-state index is 0.00218. The zero-order valence-electron chi connectivity index (χ0n) is 12.3. The lowest BCUT2D eigenvalue weighted by Gasteiger charge is -2.22. The maximum Gasteiger partial charge on any atom is 0.274 e. The van der Waals surface area contributed by atoms with Gasteiger partial charge in [0, 0.05) is 19.8 Å². The number of thiazole rings is 1. The quantitative estimate of drug-likeness (QED) is 0.731. The SMILES string of the molecule is Cn1ccc(C(=O)N2CCC[C@H]2c2nc3ccccc3s2)n1. The van der Waals surface area contributed by atoms with E-state index >= 15 is 0 Å². The highest BCUT2D eigenvalue weighted by Crippen LogP contribution is 2.37. The summed E-state index contributed by atoms with van der Waals surface area (Å²) >= 11 is 1.69. The highest BCUT2D eigenvalue weighted by molar-refractivity contribution is 7.18. The lowest BCUT2D eigenvalue weighted by Crippen LogP contribution is -2.30. The molecule has 5 nitrogen and oxygen atoms in total. The molecule has 22 heavy (non-hydrogen) atoms. The van der Waals surface area contributed by atoms with Gasteiger partial charge in [0.25, 0.3) is 5.91 Å². The number of para-hydroxylation sites is 1. The Morgan fingerprint density at radius 3 is 2.95 bits per heavy atom. The third-order valence-corrected chi connectivity index (χ3v) is 5.18. The van der Waals surface area contributed by atoms with Crippen molar-refractivity contribution < 1.29 is 4.79 Å². The average molecular weight is 312 g/mol. The first-order valence-electron chi connectivity index (χ1n) is 7.38. The number of carbonyl (C=O) groups excluding carboxylic acids is 1. The molecule has 3 aromatic rings. The number of aryl methyl sites for hydroxylation is 1. The van der Waals surface area contributed by atoms with Crippen LogP contribution in [-0.2, 0) is 7.05 Å². The van der Waals surface area contributed by atoms with Crippen molar-refractivity contribution in [2.75, 3.05) is 6.54 Å². The maximum atomic E-state index is 12.7. The standard InChI is InChI=1S/C16H16N4OS/c1-19-10-8-12(18-19)16(21)20-9-4-6-13(20)15-17-11-5-2-3-7-14(11)22-15/h2-3,5,7-8,10,13H,4,6,9H2,1H3/t13-/m0/s1. The maximum absolute atomic E-state index is 12.7. The van der Waals surface area contributed by atoms with Gasteiger partial charge in [-0.15, -0.1) is 11.3 Å². The Morgan fingerprint density at radius 2 is 2.18 bits per heavy atom. The van der Waals surface area contributed by atoms with E-state index in [1.165, 1.54) is 4.70 Å². The smallest absolute Gasteiger partial charge is 0.274 e. The van der Waals surface area contributed by atoms with Crippen molar-refractivity contribution in [3.8, 4) is 0 Å². The predicted octanol–water partition coefficient (Wildman–Crippen LogP) is 3.01. The Balaban J connectivity index is 1.67. The molecule has 1 aliphatic heterocycles. The molecule has 1 atom stereocenters. The van der Waals surface area contributed by atoms with E-state index in [1.807, 2.05) is 30.1 Å². The Labute approximate surface area is 132 Å². The minimum absolute atomic E-state index is 0.00218. The summed E-state index contributed by atoms with van der Waals surface area (Å²) in [4.78, 5) is 19.3. The molecule has 0 aliphatic carbocycles. The third-order valence-electron chi connectivity index (χ3n) is 4.04. The van der Waals surface area contributed by atoms with Crippen LogP contribution in [0.5, 0.6) is 0 Å². The number of hydrogen-bond donors (Lipinski definition) is 0. The molecule has 112 valence electrons. The first kappa shape index (κ1) is 13.5. The van der Waals surface area contributed by atoms with Gasteiger partial charge in [-0.3, -0.25) is 9.48 Å². The molecule has 1 saturated heterocycles. The van der Waals surface area contributed by atoms with Crippen molar-refractivity contribution in [1.29, 1.82) is 0 Å². The average Bonchev–Trinajstić information content (AvgIpc) is 3.24. The molecule has 0 bridgehead atoms. The van der Waals surface area contributed by atoms with Crippen molar-refractivity contribution in [1.82, 2.24) is 19.7 Å². The summed E-state index contributed by atoms with van der Waals surface area (Å²) < 4.78 is 2.84. The third kappa shape index (κ3) is 2.20. The summed E-state index contributed by atoms with van der Waals surface area (Å²) in [5, 5.41) is 5.27. The predicted molar refractivity (Wildman–Crippen MR) is 85.8 cm³/mol. The lowest BCUT2D eigenvalue weighted by molar-refractivity contribution is 0.0729. The molecular weight excluding hydrogens is 296 g/mol. The summed E-state index contributed by atoms with van der Waals surface area (Å²) in [5.74, 6) is 0.00218. The Morgan fingerprint density at radius 1 is 1.32 bits per heavy atom. The van der Waals surface area contributed by atoms with E-state index < -0.39 is 0 Å². The summed E-state index contributed by atoms with van der Waals surface area (Å²) in [6.07, 6.45) is 3.79. The molecule has 2 aromatic heterocycles. The van der Waals surface area contributed by atoms with E-state index in [4.69, 9.17) is 4.98 Å². The first-order chi connectivity index (χ1) is 10.7. The van der Waals surface area contributed by atoms with Crippen molar-refractivity contribution in [2.24, 2.45) is 7.05 Å². The van der Waals surface area contributed by atoms with Crippen molar-refractivity contribution in [3.05, 3.63) is 47.2 Å². The molecule has 0 radical (unpaired) electrons. The minimum Gasteiger partial charge on any atom is -0.328 e. The fourth-order valence-electron chi connectivity index (χ4n) is 2.98. The number of carbonyl (C=O) groups is 1. The van der Waals surface area contributed by atoms with Gasteiger partial charge in [-0.1, -0.05) is 12.1 Å². The Bertz CT molecular complexity index is 804. The van der Waals surface area contributed by atoms with E-state index in [0.717, 1.165) is 29.9 Å². The fourth-order valence-corrected chi connectivity index (χ4v) is 4.09. The van der Waals surface area contributed by atoms with Gasteiger partial charge in [0.1, 0.15) is 10.7 Å². The molecule has 1 aromatic carbocycles. The summed E-state index contributed by atoms with van der Waals surface area (Å²) in [7, 11) is 1.83. The summed E-state index contributed by atoms with van der Waals surface area (Å²) in [5.41, 5.74) is 1.52. The Hall–Kier alpha value is -2.21. The van der Waals surface area contributed by atoms with Crippen LogP contribution in [0, 0.1) is 0 Å². The number of hydrogen-bond acceptors (Lipinski definition) is 4. The van der Waals surface area contributed by atoms with Crippen molar-refractivity contribution >= 4 is 27.5 Å². The van der Waals surface area contributed by atoms with Crippen LogP contribution >= 0.6 is 11.3 Å². The zero-order chi connectivity index (χ0) is 15.1. The van der Waals surface area contributed by atoms with Gasteiger partial charge in [0.2, 0.25) is 0 Å². The number of benzene rings is 1. The second-order valence-corrected chi connectivity index (χ2v) is 6.61. The van der Waals surface area contributed by atoms with E-state index in [0.29, 0.717) is 5.69 Å². The fraction of sp³-hybridized carbons (Fsp3) is 0.312. The second-order valence-electron chi connectivity index (χ2n) is 5.55. The van der Waals surface area contributed by atoms with Crippen LogP contribution in [-0.4, -0.2) is 32.1 Å². The second kappa shape index (κ2) is 5.21. The molecule has 4 rings (SSSR count). The highest BCUT2D eigenvalue weighted by atomic mass is 32.1. The largest absolute Gasteiger partial charge is 0.328 e. The number of nitrogens with zero attached hydrogens (tertiary/aromatic N) is 4. The van der Waals surface area contributed by atoms with E-state index in [2.05, 4.69) is 11.2 Å². The number of amides is 1. The highest BCUT2D eigenvalue weighted by Gasteiger charge is 2.33. The van der Waals surface area contributed by atoms with Gasteiger partial charge in [0.05, 0.1) is 16.3 Å². The molecular formula is C16H16N4OS. The van der Waals surface area contributed by atoms with Gasteiger partial charge in [-0.2, -0.15) is 5.10 Å². The molecule has 0 saturated carbocycles. The van der Waals surface area contributed by atoms with Crippen LogP contribution in [0.3, 0.4) is 0 Å². The number of aromatic nitrogens is 3. The van der Waals surface area contributed by atoms with Crippen molar-refractivity contribution in [2.45, 2.75) is 18.9 Å². The van der Waals surface area contributed by atoms with Crippen LogP contribution in [0.25, 0.3) is 10.2 Å². The van der Waals surface area contributed by atoms with Gasteiger partial charge < -0.3 is 4.90 Å². The summed E-state index contributed by atoms with van der Waals surface area (Å²) in [6.45, 7) is 0.774. The first-order valence-corrected chi connectivity index (χ1v) is 8.20.